The van der Waals surface area contributed by atoms with Gasteiger partial charge in [0.05, 0.1) is 6.61 Å². The van der Waals surface area contributed by atoms with Crippen LogP contribution in [0.25, 0.3) is 0 Å². The molecule has 1 atom stereocenters. The van der Waals surface area contributed by atoms with Crippen LogP contribution in [-0.2, 0) is 18.2 Å². The summed E-state index contributed by atoms with van der Waals surface area (Å²) >= 11 is 0. The van der Waals surface area contributed by atoms with Crippen molar-refractivity contribution in [1.82, 2.24) is 14.9 Å². The third-order valence-electron chi connectivity index (χ3n) is 4.13. The van der Waals surface area contributed by atoms with Crippen LogP contribution in [0.5, 0.6) is 0 Å². The van der Waals surface area contributed by atoms with Gasteiger partial charge >= 0.3 is 0 Å². The van der Waals surface area contributed by atoms with Gasteiger partial charge in [-0.3, -0.25) is 0 Å². The zero-order valence-electron chi connectivity index (χ0n) is 12.3. The molecule has 0 radical (unpaired) electrons. The second-order valence-corrected chi connectivity index (χ2v) is 5.79. The summed E-state index contributed by atoms with van der Waals surface area (Å²) in [4.78, 5) is 4.43. The van der Waals surface area contributed by atoms with Gasteiger partial charge in [0.2, 0.25) is 0 Å². The van der Waals surface area contributed by atoms with Crippen LogP contribution >= 0.6 is 0 Å². The third kappa shape index (κ3) is 4.05. The molecule has 4 heteroatoms. The molecule has 1 fully saturated rings. The first-order chi connectivity index (χ1) is 9.26. The van der Waals surface area contributed by atoms with E-state index in [0.29, 0.717) is 5.41 Å². The fraction of sp³-hybridized carbons (Fsp3) is 0.800. The van der Waals surface area contributed by atoms with Crippen molar-refractivity contribution in [1.29, 1.82) is 0 Å². The average molecular weight is 265 g/mol. The van der Waals surface area contributed by atoms with Crippen LogP contribution in [0.2, 0.25) is 0 Å². The number of rotatable bonds is 7. The number of hydrogen-bond donors (Lipinski definition) is 1. The van der Waals surface area contributed by atoms with E-state index in [4.69, 9.17) is 4.74 Å². The molecule has 1 saturated heterocycles. The van der Waals surface area contributed by atoms with Crippen LogP contribution in [0, 0.1) is 5.41 Å². The van der Waals surface area contributed by atoms with Crippen LogP contribution in [0.15, 0.2) is 12.4 Å². The molecule has 19 heavy (non-hydrogen) atoms. The van der Waals surface area contributed by atoms with Gasteiger partial charge < -0.3 is 14.6 Å². The Kier molecular flexibility index (Phi) is 5.40. The molecule has 0 aromatic carbocycles. The summed E-state index contributed by atoms with van der Waals surface area (Å²) in [6, 6.07) is 0. The number of ether oxygens (including phenoxy) is 1. The first-order valence-corrected chi connectivity index (χ1v) is 7.50. The predicted molar refractivity (Wildman–Crippen MR) is 77.2 cm³/mol. The number of nitrogens with one attached hydrogen (secondary N) is 1. The van der Waals surface area contributed by atoms with Gasteiger partial charge in [0.1, 0.15) is 5.82 Å². The second kappa shape index (κ2) is 7.06. The van der Waals surface area contributed by atoms with Crippen molar-refractivity contribution in [2.24, 2.45) is 12.5 Å². The summed E-state index contributed by atoms with van der Waals surface area (Å²) in [5.41, 5.74) is 0.305. The zero-order chi connectivity index (χ0) is 13.6. The Balaban J connectivity index is 1.91. The molecule has 1 aromatic rings. The van der Waals surface area contributed by atoms with E-state index in [1.807, 2.05) is 12.4 Å². The number of aryl methyl sites for hydroxylation is 2. The molecule has 4 nitrogen and oxygen atoms in total. The lowest BCUT2D eigenvalue weighted by atomic mass is 9.78. The maximum absolute atomic E-state index is 5.75. The van der Waals surface area contributed by atoms with Crippen molar-refractivity contribution in [2.75, 3.05) is 26.3 Å². The first kappa shape index (κ1) is 14.5. The van der Waals surface area contributed by atoms with E-state index < -0.39 is 0 Å². The fourth-order valence-corrected chi connectivity index (χ4v) is 2.88. The fourth-order valence-electron chi connectivity index (χ4n) is 2.88. The van der Waals surface area contributed by atoms with Crippen molar-refractivity contribution in [3.63, 3.8) is 0 Å². The molecule has 2 rings (SSSR count). The summed E-state index contributed by atoms with van der Waals surface area (Å²) in [5, 5.41) is 3.58. The second-order valence-electron chi connectivity index (χ2n) is 5.79. The quantitative estimate of drug-likeness (QED) is 0.768. The Morgan fingerprint density at radius 1 is 1.53 bits per heavy atom. The van der Waals surface area contributed by atoms with Crippen molar-refractivity contribution in [3.8, 4) is 0 Å². The lowest BCUT2D eigenvalue weighted by Crippen LogP contribution is -2.41. The van der Waals surface area contributed by atoms with E-state index in [2.05, 4.69) is 28.8 Å². The van der Waals surface area contributed by atoms with E-state index in [1.165, 1.54) is 25.1 Å². The van der Waals surface area contributed by atoms with E-state index in [9.17, 15) is 0 Å². The standard InChI is InChI=1S/C15H27N3O/c1-3-8-16-12-15(6-4-11-19-13-15)7-5-14-17-9-10-18(14)2/h9-10,16H,3-8,11-13H2,1-2H3. The van der Waals surface area contributed by atoms with Gasteiger partial charge in [-0.15, -0.1) is 0 Å². The molecule has 1 unspecified atom stereocenters. The number of aromatic nitrogens is 2. The number of imidazole rings is 1. The third-order valence-corrected chi connectivity index (χ3v) is 4.13. The molecular weight excluding hydrogens is 238 g/mol. The monoisotopic (exact) mass is 265 g/mol. The lowest BCUT2D eigenvalue weighted by molar-refractivity contribution is -0.0120. The van der Waals surface area contributed by atoms with Crippen LogP contribution in [0.3, 0.4) is 0 Å². The highest BCUT2D eigenvalue weighted by Gasteiger charge is 2.32. The summed E-state index contributed by atoms with van der Waals surface area (Å²) in [5.74, 6) is 1.18. The van der Waals surface area contributed by atoms with Gasteiger partial charge in [0.15, 0.2) is 0 Å². The molecule has 1 aromatic heterocycles. The molecule has 2 heterocycles. The summed E-state index contributed by atoms with van der Waals surface area (Å²) in [6.45, 7) is 6.21. The maximum Gasteiger partial charge on any atom is 0.108 e. The molecule has 0 bridgehead atoms. The van der Waals surface area contributed by atoms with Crippen LogP contribution in [0.1, 0.15) is 38.4 Å². The van der Waals surface area contributed by atoms with E-state index in [0.717, 1.165) is 39.1 Å². The Morgan fingerprint density at radius 3 is 3.05 bits per heavy atom. The van der Waals surface area contributed by atoms with Gasteiger partial charge in [0.25, 0.3) is 0 Å². The van der Waals surface area contributed by atoms with Gasteiger partial charge in [0, 0.05) is 44.4 Å². The highest BCUT2D eigenvalue weighted by atomic mass is 16.5. The van der Waals surface area contributed by atoms with Crippen LogP contribution in [-0.4, -0.2) is 35.9 Å². The van der Waals surface area contributed by atoms with Crippen molar-refractivity contribution < 1.29 is 4.74 Å². The average Bonchev–Trinajstić information content (AvgIpc) is 2.84. The summed E-state index contributed by atoms with van der Waals surface area (Å²) < 4.78 is 7.87. The minimum Gasteiger partial charge on any atom is -0.381 e. The largest absolute Gasteiger partial charge is 0.381 e. The molecule has 1 aliphatic rings. The predicted octanol–water partition coefficient (Wildman–Crippen LogP) is 2.15. The Labute approximate surface area is 116 Å². The van der Waals surface area contributed by atoms with Gasteiger partial charge in [-0.25, -0.2) is 4.98 Å². The highest BCUT2D eigenvalue weighted by molar-refractivity contribution is 4.94. The van der Waals surface area contributed by atoms with Crippen LogP contribution in [0.4, 0.5) is 0 Å². The number of hydrogen-bond acceptors (Lipinski definition) is 3. The molecule has 0 amide bonds. The lowest BCUT2D eigenvalue weighted by Gasteiger charge is -2.37. The topological polar surface area (TPSA) is 39.1 Å². The molecule has 0 spiro atoms. The van der Waals surface area contributed by atoms with E-state index in [-0.39, 0.29) is 0 Å². The molecule has 1 aliphatic heterocycles. The Hall–Kier alpha value is -0.870. The number of nitrogens with zero attached hydrogens (tertiary/aromatic N) is 2. The molecule has 0 saturated carbocycles. The Morgan fingerprint density at radius 2 is 2.42 bits per heavy atom. The van der Waals surface area contributed by atoms with E-state index >= 15 is 0 Å². The van der Waals surface area contributed by atoms with Crippen molar-refractivity contribution in [2.45, 2.75) is 39.0 Å². The van der Waals surface area contributed by atoms with Crippen LogP contribution < -0.4 is 5.32 Å². The summed E-state index contributed by atoms with van der Waals surface area (Å²) in [6.07, 6.45) is 9.76. The highest BCUT2D eigenvalue weighted by Crippen LogP contribution is 2.32. The van der Waals surface area contributed by atoms with Gasteiger partial charge in [-0.2, -0.15) is 0 Å². The molecule has 0 aliphatic carbocycles. The van der Waals surface area contributed by atoms with Crippen molar-refractivity contribution >= 4 is 0 Å². The first-order valence-electron chi connectivity index (χ1n) is 7.50. The summed E-state index contributed by atoms with van der Waals surface area (Å²) in [7, 11) is 2.07. The van der Waals surface area contributed by atoms with E-state index in [1.54, 1.807) is 0 Å². The zero-order valence-corrected chi connectivity index (χ0v) is 12.3. The Bertz CT molecular complexity index is 369. The minimum atomic E-state index is 0.305. The smallest absolute Gasteiger partial charge is 0.108 e. The van der Waals surface area contributed by atoms with Gasteiger partial charge in [-0.05, 0) is 32.2 Å². The molecule has 1 N–H and O–H groups in total. The molecule has 108 valence electrons. The normalized spacial score (nSPS) is 23.7. The minimum absolute atomic E-state index is 0.305. The van der Waals surface area contributed by atoms with Gasteiger partial charge in [-0.1, -0.05) is 6.92 Å². The SMILES string of the molecule is CCCNCC1(CCc2nccn2C)CCCOC1. The molecular formula is C15H27N3O. The van der Waals surface area contributed by atoms with Crippen molar-refractivity contribution in [3.05, 3.63) is 18.2 Å². The maximum atomic E-state index is 5.75.